The average molecular weight is 410 g/mol. The molecule has 0 aromatic carbocycles. The molecule has 0 fully saturated rings. The number of amides is 2. The van der Waals surface area contributed by atoms with Gasteiger partial charge in [0.15, 0.2) is 11.6 Å². The zero-order valence-electron chi connectivity index (χ0n) is 16.0. The van der Waals surface area contributed by atoms with Gasteiger partial charge in [0.2, 0.25) is 0 Å². The van der Waals surface area contributed by atoms with E-state index in [1.807, 2.05) is 31.2 Å². The van der Waals surface area contributed by atoms with Crippen molar-refractivity contribution in [2.24, 2.45) is 0 Å². The molecule has 2 amide bonds. The van der Waals surface area contributed by atoms with Gasteiger partial charge in [-0.2, -0.15) is 0 Å². The van der Waals surface area contributed by atoms with E-state index in [-0.39, 0.29) is 24.1 Å². The fourth-order valence-corrected chi connectivity index (χ4v) is 3.99. The van der Waals surface area contributed by atoms with Crippen molar-refractivity contribution in [2.45, 2.75) is 27.3 Å². The van der Waals surface area contributed by atoms with Gasteiger partial charge in [-0.1, -0.05) is 0 Å². The zero-order chi connectivity index (χ0) is 20.5. The molecule has 4 aromatic heterocycles. The van der Waals surface area contributed by atoms with Gasteiger partial charge >= 0.3 is 0 Å². The highest BCUT2D eigenvalue weighted by Gasteiger charge is 2.17. The first-order valence-electron chi connectivity index (χ1n) is 8.84. The Morgan fingerprint density at radius 1 is 1.17 bits per heavy atom. The Bertz CT molecular complexity index is 1210. The minimum atomic E-state index is -0.364. The fraction of sp³-hybridized carbons (Fsp3) is 0.211. The molecule has 0 atom stereocenters. The Morgan fingerprint density at radius 3 is 2.76 bits per heavy atom. The Labute approximate surface area is 169 Å². The minimum Gasteiger partial charge on any atom is -0.459 e. The van der Waals surface area contributed by atoms with Crippen molar-refractivity contribution >= 4 is 33.9 Å². The summed E-state index contributed by atoms with van der Waals surface area (Å²) in [6.45, 7) is 5.85. The number of fused-ring (bicyclic) bond motifs is 1. The topological polar surface area (TPSA) is 114 Å². The SMILES string of the molecule is Cc1cc(C)n2c(CNC(=O)c3sc(NC(=O)c4ccco4)cc3C)nnc2n1. The summed E-state index contributed by atoms with van der Waals surface area (Å²) in [7, 11) is 0. The van der Waals surface area contributed by atoms with Crippen LogP contribution in [0.2, 0.25) is 0 Å². The first kappa shape index (κ1) is 18.8. The number of hydrogen-bond acceptors (Lipinski definition) is 7. The molecule has 0 spiro atoms. The van der Waals surface area contributed by atoms with Crippen LogP contribution in [-0.2, 0) is 6.54 Å². The molecule has 0 unspecified atom stereocenters. The number of thiophene rings is 1. The summed E-state index contributed by atoms with van der Waals surface area (Å²) in [5, 5.41) is 14.4. The highest BCUT2D eigenvalue weighted by Crippen LogP contribution is 2.27. The lowest BCUT2D eigenvalue weighted by molar-refractivity contribution is 0.0952. The molecule has 29 heavy (non-hydrogen) atoms. The normalized spacial score (nSPS) is 11.0. The third kappa shape index (κ3) is 3.74. The van der Waals surface area contributed by atoms with Crippen molar-refractivity contribution in [2.75, 3.05) is 5.32 Å². The molecule has 10 heteroatoms. The van der Waals surface area contributed by atoms with E-state index < -0.39 is 0 Å². The van der Waals surface area contributed by atoms with E-state index in [0.717, 1.165) is 17.0 Å². The van der Waals surface area contributed by atoms with E-state index >= 15 is 0 Å². The number of nitrogens with zero attached hydrogens (tertiary/aromatic N) is 4. The van der Waals surface area contributed by atoms with Crippen LogP contribution in [0.25, 0.3) is 5.78 Å². The van der Waals surface area contributed by atoms with Crippen LogP contribution in [0, 0.1) is 20.8 Å². The molecule has 0 aliphatic heterocycles. The van der Waals surface area contributed by atoms with Crippen molar-refractivity contribution in [1.82, 2.24) is 24.9 Å². The fourth-order valence-electron chi connectivity index (χ4n) is 3.00. The molecule has 2 N–H and O–H groups in total. The standard InChI is InChI=1S/C19H18N6O3S/c1-10-7-15(22-17(26)13-5-4-6-28-13)29-16(10)18(27)20-9-14-23-24-19-21-11(2)8-12(3)25(14)19/h4-8H,9H2,1-3H3,(H,20,27)(H,22,26). The second-order valence-electron chi connectivity index (χ2n) is 6.53. The average Bonchev–Trinajstić information content (AvgIpc) is 3.39. The quantitative estimate of drug-likeness (QED) is 0.523. The summed E-state index contributed by atoms with van der Waals surface area (Å²) in [4.78, 5) is 29.6. The number of aryl methyl sites for hydroxylation is 3. The number of nitrogens with one attached hydrogen (secondary N) is 2. The molecular weight excluding hydrogens is 392 g/mol. The zero-order valence-corrected chi connectivity index (χ0v) is 16.8. The van der Waals surface area contributed by atoms with Gasteiger partial charge in [0.25, 0.3) is 17.6 Å². The number of rotatable bonds is 5. The van der Waals surface area contributed by atoms with Gasteiger partial charge in [0, 0.05) is 11.4 Å². The summed E-state index contributed by atoms with van der Waals surface area (Å²) >= 11 is 1.20. The highest BCUT2D eigenvalue weighted by atomic mass is 32.1. The number of aromatic nitrogens is 4. The van der Waals surface area contributed by atoms with E-state index in [1.165, 1.54) is 17.6 Å². The first-order valence-corrected chi connectivity index (χ1v) is 9.66. The second-order valence-corrected chi connectivity index (χ2v) is 7.58. The number of carbonyl (C=O) groups excluding carboxylic acids is 2. The number of furan rings is 1. The van der Waals surface area contributed by atoms with E-state index in [0.29, 0.717) is 21.5 Å². The van der Waals surface area contributed by atoms with Crippen LogP contribution in [0.3, 0.4) is 0 Å². The molecule has 148 valence electrons. The van der Waals surface area contributed by atoms with Gasteiger partial charge in [-0.15, -0.1) is 21.5 Å². The van der Waals surface area contributed by atoms with Crippen LogP contribution in [0.15, 0.2) is 34.9 Å². The van der Waals surface area contributed by atoms with Crippen molar-refractivity contribution in [3.8, 4) is 0 Å². The summed E-state index contributed by atoms with van der Waals surface area (Å²) < 4.78 is 6.89. The van der Waals surface area contributed by atoms with Crippen LogP contribution in [0.4, 0.5) is 5.00 Å². The van der Waals surface area contributed by atoms with Crippen molar-refractivity contribution < 1.29 is 14.0 Å². The largest absolute Gasteiger partial charge is 0.459 e. The first-order chi connectivity index (χ1) is 13.9. The number of carbonyl (C=O) groups is 2. The highest BCUT2D eigenvalue weighted by molar-refractivity contribution is 7.18. The maximum absolute atomic E-state index is 12.7. The lowest BCUT2D eigenvalue weighted by Gasteiger charge is -2.06. The number of anilines is 1. The van der Waals surface area contributed by atoms with Crippen LogP contribution < -0.4 is 10.6 Å². The molecule has 0 bridgehead atoms. The lowest BCUT2D eigenvalue weighted by atomic mass is 10.2. The van der Waals surface area contributed by atoms with Gasteiger partial charge in [-0.25, -0.2) is 4.98 Å². The van der Waals surface area contributed by atoms with E-state index in [9.17, 15) is 9.59 Å². The Morgan fingerprint density at radius 2 is 2.00 bits per heavy atom. The second kappa shape index (κ2) is 7.47. The van der Waals surface area contributed by atoms with Gasteiger partial charge < -0.3 is 15.1 Å². The van der Waals surface area contributed by atoms with E-state index in [4.69, 9.17) is 4.42 Å². The van der Waals surface area contributed by atoms with Gasteiger partial charge in [-0.05, 0) is 50.6 Å². The molecule has 4 heterocycles. The van der Waals surface area contributed by atoms with Crippen LogP contribution in [0.5, 0.6) is 0 Å². The lowest BCUT2D eigenvalue weighted by Crippen LogP contribution is -2.24. The maximum atomic E-state index is 12.7. The smallest absolute Gasteiger partial charge is 0.291 e. The van der Waals surface area contributed by atoms with Crippen molar-refractivity contribution in [1.29, 1.82) is 0 Å². The molecule has 0 saturated carbocycles. The molecule has 0 aliphatic carbocycles. The molecule has 4 aromatic rings. The molecule has 0 radical (unpaired) electrons. The predicted octanol–water partition coefficient (Wildman–Crippen LogP) is 2.89. The predicted molar refractivity (Wildman–Crippen MR) is 107 cm³/mol. The summed E-state index contributed by atoms with van der Waals surface area (Å²) in [6, 6.07) is 6.90. The van der Waals surface area contributed by atoms with Crippen LogP contribution in [0.1, 0.15) is 43.0 Å². The van der Waals surface area contributed by atoms with Crippen LogP contribution in [-0.4, -0.2) is 31.4 Å². The number of hydrogen-bond donors (Lipinski definition) is 2. The minimum absolute atomic E-state index is 0.205. The maximum Gasteiger partial charge on any atom is 0.291 e. The Hall–Kier alpha value is -3.53. The summed E-state index contributed by atoms with van der Waals surface area (Å²) in [5.74, 6) is 0.692. The third-order valence-corrected chi connectivity index (χ3v) is 5.42. The van der Waals surface area contributed by atoms with Gasteiger partial charge in [-0.3, -0.25) is 14.0 Å². The van der Waals surface area contributed by atoms with E-state index in [1.54, 1.807) is 18.2 Å². The molecular formula is C19H18N6O3S. The van der Waals surface area contributed by atoms with Crippen molar-refractivity contribution in [3.63, 3.8) is 0 Å². The monoisotopic (exact) mass is 410 g/mol. The van der Waals surface area contributed by atoms with Gasteiger partial charge in [0.05, 0.1) is 22.7 Å². The molecule has 9 nitrogen and oxygen atoms in total. The molecule has 0 aliphatic rings. The van der Waals surface area contributed by atoms with E-state index in [2.05, 4.69) is 25.8 Å². The summed E-state index contributed by atoms with van der Waals surface area (Å²) in [6.07, 6.45) is 1.43. The van der Waals surface area contributed by atoms with Gasteiger partial charge in [0.1, 0.15) is 0 Å². The molecule has 0 saturated heterocycles. The molecule has 4 rings (SSSR count). The van der Waals surface area contributed by atoms with Crippen LogP contribution >= 0.6 is 11.3 Å². The third-order valence-electron chi connectivity index (χ3n) is 4.27. The van der Waals surface area contributed by atoms with Crippen molar-refractivity contribution in [3.05, 3.63) is 63.9 Å². The Balaban J connectivity index is 1.47. The Kier molecular flexibility index (Phi) is 4.85. The summed E-state index contributed by atoms with van der Waals surface area (Å²) in [5.41, 5.74) is 2.56.